The predicted molar refractivity (Wildman–Crippen MR) is 77.2 cm³/mol. The summed E-state index contributed by atoms with van der Waals surface area (Å²) in [6.07, 6.45) is 0. The minimum Gasteiger partial charge on any atom is -0.508 e. The molecule has 5 heteroatoms. The number of benzene rings is 2. The lowest BCUT2D eigenvalue weighted by molar-refractivity contribution is 0.270. The Morgan fingerprint density at radius 1 is 1.19 bits per heavy atom. The van der Waals surface area contributed by atoms with Gasteiger partial charge in [-0.3, -0.25) is 9.46 Å². The van der Waals surface area contributed by atoms with Gasteiger partial charge < -0.3 is 5.11 Å². The van der Waals surface area contributed by atoms with Gasteiger partial charge in [-0.25, -0.2) is 0 Å². The molecule has 1 amide bonds. The summed E-state index contributed by atoms with van der Waals surface area (Å²) in [5, 5.41) is 11.3. The van der Waals surface area contributed by atoms with E-state index >= 15 is 0 Å². The van der Waals surface area contributed by atoms with Gasteiger partial charge in [0.2, 0.25) is 0 Å². The summed E-state index contributed by atoms with van der Waals surface area (Å²) in [7, 11) is 2.37. The van der Waals surface area contributed by atoms with Crippen molar-refractivity contribution in [2.75, 3.05) is 4.67 Å². The molecule has 0 spiro atoms. The summed E-state index contributed by atoms with van der Waals surface area (Å²) in [6, 6.07) is 10.8. The van der Waals surface area contributed by atoms with Gasteiger partial charge >= 0.3 is 0 Å². The molecule has 0 saturated heterocycles. The Kier molecular flexibility index (Phi) is 3.30. The maximum atomic E-state index is 11.2. The molecule has 3 nitrogen and oxygen atoms in total. The third kappa shape index (κ3) is 2.28. The minimum atomic E-state index is -0.0688. The molecule has 0 aliphatic heterocycles. The van der Waals surface area contributed by atoms with Crippen LogP contribution in [-0.4, -0.2) is 9.02 Å². The second-order valence-electron chi connectivity index (χ2n) is 3.34. The van der Waals surface area contributed by atoms with Crippen molar-refractivity contribution in [3.63, 3.8) is 0 Å². The monoisotopic (exact) mass is 345 g/mol. The molecule has 2 rings (SSSR count). The smallest absolute Gasteiger partial charge is 0.290 e. The van der Waals surface area contributed by atoms with Crippen molar-refractivity contribution >= 4 is 52.4 Å². The highest BCUT2D eigenvalue weighted by molar-refractivity contribution is 14.1. The van der Waals surface area contributed by atoms with Crippen LogP contribution < -0.4 is 4.67 Å². The van der Waals surface area contributed by atoms with E-state index in [2.05, 4.69) is 9.39 Å². The molecule has 16 heavy (non-hydrogen) atoms. The van der Waals surface area contributed by atoms with E-state index in [1.54, 1.807) is 34.7 Å². The molecule has 2 aromatic rings. The zero-order chi connectivity index (χ0) is 11.7. The normalized spacial score (nSPS) is 10.4. The predicted octanol–water partition coefficient (Wildman–Crippen LogP) is 3.70. The Morgan fingerprint density at radius 3 is 2.50 bits per heavy atom. The van der Waals surface area contributed by atoms with E-state index < -0.39 is 0 Å². The lowest BCUT2D eigenvalue weighted by atomic mass is 10.1. The molecule has 0 fully saturated rings. The Hall–Kier alpha value is -0.870. The van der Waals surface area contributed by atoms with Crippen LogP contribution in [0, 0.1) is 0 Å². The van der Waals surface area contributed by atoms with Crippen LogP contribution in [0.2, 0.25) is 0 Å². The van der Waals surface area contributed by atoms with Gasteiger partial charge in [0.1, 0.15) is 5.75 Å². The minimum absolute atomic E-state index is 0.0688. The number of carbonyl (C=O) groups is 1. The largest absolute Gasteiger partial charge is 0.508 e. The number of fused-ring (bicyclic) bond motifs is 1. The second kappa shape index (κ2) is 4.55. The second-order valence-corrected chi connectivity index (χ2v) is 4.78. The SMILES string of the molecule is O=C(I)N(P)c1ccc2cc(O)ccc2c1. The first-order valence-corrected chi connectivity index (χ1v) is 6.14. The molecule has 0 aromatic heterocycles. The van der Waals surface area contributed by atoms with Crippen molar-refractivity contribution in [3.8, 4) is 5.75 Å². The van der Waals surface area contributed by atoms with Crippen molar-refractivity contribution in [1.29, 1.82) is 0 Å². The number of anilines is 1. The van der Waals surface area contributed by atoms with Crippen molar-refractivity contribution in [3.05, 3.63) is 36.4 Å². The van der Waals surface area contributed by atoms with E-state index in [9.17, 15) is 9.90 Å². The summed E-state index contributed by atoms with van der Waals surface area (Å²) in [4.78, 5) is 11.2. The number of carbonyl (C=O) groups excluding carboxylic acids is 1. The lowest BCUT2D eigenvalue weighted by Crippen LogP contribution is -2.10. The van der Waals surface area contributed by atoms with Crippen molar-refractivity contribution in [2.45, 2.75) is 0 Å². The number of phenols is 1. The number of halogens is 1. The molecule has 0 aliphatic carbocycles. The average Bonchev–Trinajstić information content (AvgIpc) is 2.27. The zero-order valence-electron chi connectivity index (χ0n) is 8.22. The van der Waals surface area contributed by atoms with Gasteiger partial charge in [-0.1, -0.05) is 12.1 Å². The number of hydrogen-bond donors (Lipinski definition) is 1. The van der Waals surface area contributed by atoms with Gasteiger partial charge in [-0.2, -0.15) is 0 Å². The standard InChI is InChI=1S/C11H9INO2P/c12-11(15)13(16)9-3-1-8-6-10(14)4-2-7(8)5-9/h1-6,14H,16H2. The third-order valence-electron chi connectivity index (χ3n) is 2.27. The number of nitrogens with zero attached hydrogens (tertiary/aromatic N) is 1. The third-order valence-corrected chi connectivity index (χ3v) is 3.85. The number of aromatic hydroxyl groups is 1. The molecule has 0 radical (unpaired) electrons. The number of rotatable bonds is 1. The number of hydrogen-bond acceptors (Lipinski definition) is 2. The van der Waals surface area contributed by atoms with Crippen molar-refractivity contribution in [2.24, 2.45) is 0 Å². The van der Waals surface area contributed by atoms with E-state index in [1.807, 2.05) is 24.3 Å². The summed E-state index contributed by atoms with van der Waals surface area (Å²) in [5.74, 6) is 0.243. The fourth-order valence-electron chi connectivity index (χ4n) is 1.47. The van der Waals surface area contributed by atoms with Gasteiger partial charge in [-0.05, 0) is 44.4 Å². The molecular formula is C11H9INO2P. The topological polar surface area (TPSA) is 40.5 Å². The highest BCUT2D eigenvalue weighted by atomic mass is 127. The molecule has 1 atom stereocenters. The van der Waals surface area contributed by atoms with E-state index in [-0.39, 0.29) is 9.66 Å². The number of amides is 1. The highest BCUT2D eigenvalue weighted by Gasteiger charge is 2.07. The Balaban J connectivity index is 2.52. The number of phenolic OH excluding ortho intramolecular Hbond substituents is 1. The van der Waals surface area contributed by atoms with Crippen LogP contribution >= 0.6 is 32.0 Å². The molecule has 0 aliphatic rings. The van der Waals surface area contributed by atoms with Gasteiger partial charge in [-0.15, -0.1) is 0 Å². The molecular weight excluding hydrogens is 336 g/mol. The first-order chi connectivity index (χ1) is 7.58. The summed E-state index contributed by atoms with van der Waals surface area (Å²) in [6.45, 7) is 0. The fourth-order valence-corrected chi connectivity index (χ4v) is 1.91. The summed E-state index contributed by atoms with van der Waals surface area (Å²) >= 11 is 1.73. The van der Waals surface area contributed by atoms with E-state index in [4.69, 9.17) is 0 Å². The van der Waals surface area contributed by atoms with E-state index in [0.29, 0.717) is 0 Å². The highest BCUT2D eigenvalue weighted by Crippen LogP contribution is 2.27. The van der Waals surface area contributed by atoms with Crippen LogP contribution in [0.1, 0.15) is 0 Å². The average molecular weight is 345 g/mol. The van der Waals surface area contributed by atoms with Crippen LogP contribution in [0.5, 0.6) is 5.75 Å². The molecule has 0 bridgehead atoms. The van der Waals surface area contributed by atoms with Gasteiger partial charge in [0.05, 0.1) is 0 Å². The van der Waals surface area contributed by atoms with E-state index in [1.165, 1.54) is 4.67 Å². The molecule has 1 unspecified atom stereocenters. The molecule has 0 saturated carbocycles. The van der Waals surface area contributed by atoms with Gasteiger partial charge in [0.15, 0.2) is 0 Å². The molecule has 82 valence electrons. The van der Waals surface area contributed by atoms with Crippen LogP contribution in [0.25, 0.3) is 10.8 Å². The zero-order valence-corrected chi connectivity index (χ0v) is 11.5. The van der Waals surface area contributed by atoms with Crippen molar-refractivity contribution < 1.29 is 9.90 Å². The fraction of sp³-hybridized carbons (Fsp3) is 0. The van der Waals surface area contributed by atoms with Crippen LogP contribution in [-0.2, 0) is 0 Å². The van der Waals surface area contributed by atoms with Crippen LogP contribution in [0.3, 0.4) is 0 Å². The summed E-state index contributed by atoms with van der Waals surface area (Å²) in [5.41, 5.74) is 0.808. The quantitative estimate of drug-likeness (QED) is 0.371. The van der Waals surface area contributed by atoms with Gasteiger partial charge in [0, 0.05) is 28.3 Å². The van der Waals surface area contributed by atoms with Crippen LogP contribution in [0.4, 0.5) is 10.5 Å². The van der Waals surface area contributed by atoms with Gasteiger partial charge in [0.25, 0.3) is 3.91 Å². The lowest BCUT2D eigenvalue weighted by Gasteiger charge is -2.13. The first-order valence-electron chi connectivity index (χ1n) is 4.55. The Labute approximate surface area is 109 Å². The van der Waals surface area contributed by atoms with Crippen LogP contribution in [0.15, 0.2) is 36.4 Å². The molecule has 2 aromatic carbocycles. The van der Waals surface area contributed by atoms with E-state index in [0.717, 1.165) is 16.5 Å². The van der Waals surface area contributed by atoms with Crippen molar-refractivity contribution in [1.82, 2.24) is 0 Å². The maximum absolute atomic E-state index is 11.2. The summed E-state index contributed by atoms with van der Waals surface area (Å²) < 4.78 is 1.42. The first kappa shape index (κ1) is 11.6. The molecule has 0 heterocycles. The molecule has 1 N–H and O–H groups in total. The Bertz CT molecular complexity index is 559. The maximum Gasteiger partial charge on any atom is 0.290 e. The Morgan fingerprint density at radius 2 is 1.81 bits per heavy atom.